The molecule has 0 unspecified atom stereocenters. The smallest absolute Gasteiger partial charge is 0.246 e. The number of nitrogens with two attached hydrogens (primary N) is 1. The number of hydrogen-bond donors (Lipinski definition) is 1. The van der Waals surface area contributed by atoms with Gasteiger partial charge in [-0.05, 0) is 24.6 Å². The molecule has 1 aliphatic rings. The van der Waals surface area contributed by atoms with Crippen LogP contribution in [-0.4, -0.2) is 34.8 Å². The van der Waals surface area contributed by atoms with Crippen LogP contribution < -0.4 is 5.73 Å². The van der Waals surface area contributed by atoms with Gasteiger partial charge < -0.3 is 10.6 Å². The molecule has 108 valence electrons. The molecule has 0 bridgehead atoms. The molecule has 5 nitrogen and oxygen atoms in total. The monoisotopic (exact) mass is 301 g/mol. The van der Waals surface area contributed by atoms with Crippen LogP contribution in [-0.2, 0) is 9.59 Å². The largest absolute Gasteiger partial charge is 0.369 e. The summed E-state index contributed by atoms with van der Waals surface area (Å²) in [5.74, 6) is -0.650. The number of thiazole rings is 1. The van der Waals surface area contributed by atoms with Gasteiger partial charge in [0, 0.05) is 19.2 Å². The van der Waals surface area contributed by atoms with Crippen LogP contribution in [0.4, 0.5) is 0 Å². The highest BCUT2D eigenvalue weighted by atomic mass is 32.1. The second kappa shape index (κ2) is 5.65. The molecule has 2 amide bonds. The number of para-hydroxylation sites is 1. The highest BCUT2D eigenvalue weighted by molar-refractivity contribution is 7.19. The average molecular weight is 301 g/mol. The highest BCUT2D eigenvalue weighted by Gasteiger charge is 2.28. The molecule has 1 aromatic carbocycles. The minimum absolute atomic E-state index is 0.0991. The average Bonchev–Trinajstić information content (AvgIpc) is 3.11. The standard InChI is InChI=1S/C15H15N3O2S/c16-15(20)10-7-8-18(9-10)14(19)6-5-13-17-11-3-1-2-4-12(11)21-13/h1-6,10H,7-9H2,(H2,16,20)/b6-5-/t10-/m0/s1. The zero-order chi connectivity index (χ0) is 14.8. The van der Waals surface area contributed by atoms with E-state index in [0.29, 0.717) is 19.5 Å². The van der Waals surface area contributed by atoms with Crippen LogP contribution in [0, 0.1) is 5.92 Å². The molecule has 2 N–H and O–H groups in total. The van der Waals surface area contributed by atoms with Crippen molar-refractivity contribution in [1.29, 1.82) is 0 Å². The summed E-state index contributed by atoms with van der Waals surface area (Å²) in [4.78, 5) is 29.3. The Kier molecular flexibility index (Phi) is 3.70. The summed E-state index contributed by atoms with van der Waals surface area (Å²) in [6, 6.07) is 7.86. The maximum atomic E-state index is 12.1. The SMILES string of the molecule is NC(=O)[C@H]1CCN(C(=O)/C=C\c2nc3ccccc3s2)C1. The predicted octanol–water partition coefficient (Wildman–Crippen LogP) is 1.64. The van der Waals surface area contributed by atoms with Gasteiger partial charge in [0.15, 0.2) is 0 Å². The van der Waals surface area contributed by atoms with Crippen LogP contribution in [0.1, 0.15) is 11.4 Å². The topological polar surface area (TPSA) is 76.3 Å². The fourth-order valence-corrected chi connectivity index (χ4v) is 3.27. The minimum atomic E-state index is -0.333. The number of benzene rings is 1. The fourth-order valence-electron chi connectivity index (χ4n) is 2.40. The van der Waals surface area contributed by atoms with Crippen molar-refractivity contribution in [2.45, 2.75) is 6.42 Å². The van der Waals surface area contributed by atoms with E-state index < -0.39 is 0 Å². The summed E-state index contributed by atoms with van der Waals surface area (Å²) >= 11 is 1.54. The van der Waals surface area contributed by atoms with Crippen LogP contribution >= 0.6 is 11.3 Å². The van der Waals surface area contributed by atoms with E-state index in [4.69, 9.17) is 5.73 Å². The van der Waals surface area contributed by atoms with Gasteiger partial charge in [-0.2, -0.15) is 0 Å². The molecule has 0 spiro atoms. The number of primary amides is 1. The van der Waals surface area contributed by atoms with E-state index in [9.17, 15) is 9.59 Å². The third-order valence-electron chi connectivity index (χ3n) is 3.58. The summed E-state index contributed by atoms with van der Waals surface area (Å²) in [5, 5.41) is 0.801. The van der Waals surface area contributed by atoms with Gasteiger partial charge in [-0.15, -0.1) is 11.3 Å². The van der Waals surface area contributed by atoms with Crippen molar-refractivity contribution >= 4 is 39.4 Å². The maximum Gasteiger partial charge on any atom is 0.246 e. The quantitative estimate of drug-likeness (QED) is 0.876. The molecular formula is C15H15N3O2S. The van der Waals surface area contributed by atoms with Crippen molar-refractivity contribution in [1.82, 2.24) is 9.88 Å². The number of carbonyl (C=O) groups is 2. The molecule has 1 fully saturated rings. The van der Waals surface area contributed by atoms with Crippen molar-refractivity contribution < 1.29 is 9.59 Å². The summed E-state index contributed by atoms with van der Waals surface area (Å²) < 4.78 is 1.10. The number of amides is 2. The van der Waals surface area contributed by atoms with E-state index >= 15 is 0 Å². The number of fused-ring (bicyclic) bond motifs is 1. The van der Waals surface area contributed by atoms with Crippen LogP contribution in [0.2, 0.25) is 0 Å². The lowest BCUT2D eigenvalue weighted by molar-refractivity contribution is -0.125. The Hall–Kier alpha value is -2.21. The first-order valence-corrected chi connectivity index (χ1v) is 7.57. The van der Waals surface area contributed by atoms with E-state index in [0.717, 1.165) is 15.2 Å². The van der Waals surface area contributed by atoms with E-state index in [-0.39, 0.29) is 17.7 Å². The van der Waals surface area contributed by atoms with Gasteiger partial charge in [-0.25, -0.2) is 4.98 Å². The maximum absolute atomic E-state index is 12.1. The Labute approximate surface area is 126 Å². The number of hydrogen-bond acceptors (Lipinski definition) is 4. The zero-order valence-electron chi connectivity index (χ0n) is 11.4. The molecule has 0 saturated carbocycles. The second-order valence-corrected chi connectivity index (χ2v) is 6.09. The van der Waals surface area contributed by atoms with E-state index in [2.05, 4.69) is 4.98 Å². The molecule has 3 rings (SSSR count). The molecule has 21 heavy (non-hydrogen) atoms. The van der Waals surface area contributed by atoms with Gasteiger partial charge in [-0.3, -0.25) is 9.59 Å². The van der Waals surface area contributed by atoms with Crippen LogP contribution in [0.3, 0.4) is 0 Å². The lowest BCUT2D eigenvalue weighted by atomic mass is 10.1. The number of likely N-dealkylation sites (tertiary alicyclic amines) is 1. The molecule has 1 aliphatic heterocycles. The van der Waals surface area contributed by atoms with E-state index in [1.807, 2.05) is 24.3 Å². The third kappa shape index (κ3) is 2.95. The molecule has 1 aromatic heterocycles. The van der Waals surface area contributed by atoms with Crippen LogP contribution in [0.15, 0.2) is 30.3 Å². The highest BCUT2D eigenvalue weighted by Crippen LogP contribution is 2.22. The molecule has 2 aromatic rings. The molecular weight excluding hydrogens is 286 g/mol. The van der Waals surface area contributed by atoms with Gasteiger partial charge in [0.2, 0.25) is 11.8 Å². The van der Waals surface area contributed by atoms with E-state index in [1.54, 1.807) is 22.3 Å². The van der Waals surface area contributed by atoms with E-state index in [1.165, 1.54) is 6.08 Å². The lowest BCUT2D eigenvalue weighted by Gasteiger charge is -2.12. The van der Waals surface area contributed by atoms with Crippen LogP contribution in [0.25, 0.3) is 16.3 Å². The Morgan fingerprint density at radius 2 is 2.19 bits per heavy atom. The molecule has 1 saturated heterocycles. The number of aromatic nitrogens is 1. The van der Waals surface area contributed by atoms with Crippen molar-refractivity contribution in [3.63, 3.8) is 0 Å². The molecule has 1 atom stereocenters. The molecule has 2 heterocycles. The first kappa shape index (κ1) is 13.8. The van der Waals surface area contributed by atoms with Crippen molar-refractivity contribution in [3.05, 3.63) is 35.3 Å². The van der Waals surface area contributed by atoms with Gasteiger partial charge in [-0.1, -0.05) is 12.1 Å². The first-order valence-electron chi connectivity index (χ1n) is 6.75. The minimum Gasteiger partial charge on any atom is -0.369 e. The summed E-state index contributed by atoms with van der Waals surface area (Å²) in [7, 11) is 0. The summed E-state index contributed by atoms with van der Waals surface area (Å²) in [6.07, 6.45) is 3.89. The van der Waals surface area contributed by atoms with Crippen molar-refractivity contribution in [2.24, 2.45) is 11.7 Å². The van der Waals surface area contributed by atoms with Gasteiger partial charge in [0.05, 0.1) is 16.1 Å². The van der Waals surface area contributed by atoms with Gasteiger partial charge in [0.1, 0.15) is 5.01 Å². The second-order valence-electron chi connectivity index (χ2n) is 5.03. The Balaban J connectivity index is 1.68. The Morgan fingerprint density at radius 1 is 1.38 bits per heavy atom. The Bertz CT molecular complexity index is 690. The third-order valence-corrected chi connectivity index (χ3v) is 4.58. The summed E-state index contributed by atoms with van der Waals surface area (Å²) in [5.41, 5.74) is 6.20. The molecule has 0 aliphatic carbocycles. The normalized spacial score (nSPS) is 18.7. The predicted molar refractivity (Wildman–Crippen MR) is 82.5 cm³/mol. The van der Waals surface area contributed by atoms with Crippen molar-refractivity contribution in [2.75, 3.05) is 13.1 Å². The number of nitrogens with zero attached hydrogens (tertiary/aromatic N) is 2. The molecule has 6 heteroatoms. The molecule has 0 radical (unpaired) electrons. The van der Waals surface area contributed by atoms with Gasteiger partial charge in [0.25, 0.3) is 0 Å². The van der Waals surface area contributed by atoms with Gasteiger partial charge >= 0.3 is 0 Å². The first-order chi connectivity index (χ1) is 10.1. The fraction of sp³-hybridized carbons (Fsp3) is 0.267. The Morgan fingerprint density at radius 3 is 2.90 bits per heavy atom. The van der Waals surface area contributed by atoms with Crippen LogP contribution in [0.5, 0.6) is 0 Å². The van der Waals surface area contributed by atoms with Crippen molar-refractivity contribution in [3.8, 4) is 0 Å². The number of carbonyl (C=O) groups excluding carboxylic acids is 2. The lowest BCUT2D eigenvalue weighted by Crippen LogP contribution is -2.30. The zero-order valence-corrected chi connectivity index (χ0v) is 12.2. The summed E-state index contributed by atoms with van der Waals surface area (Å²) in [6.45, 7) is 0.995. The number of rotatable bonds is 3.